The van der Waals surface area contributed by atoms with Crippen LogP contribution in [0.1, 0.15) is 36.0 Å². The minimum absolute atomic E-state index is 0.137. The lowest BCUT2D eigenvalue weighted by atomic mass is 9.93. The van der Waals surface area contributed by atoms with E-state index in [0.29, 0.717) is 18.7 Å². The quantitative estimate of drug-likeness (QED) is 0.608. The van der Waals surface area contributed by atoms with E-state index in [4.69, 9.17) is 0 Å². The number of hydrogen-bond acceptors (Lipinski definition) is 5. The second kappa shape index (κ2) is 9.32. The third kappa shape index (κ3) is 4.17. The number of nitriles is 1. The zero-order chi connectivity index (χ0) is 23.7. The van der Waals surface area contributed by atoms with Crippen LogP contribution in [-0.2, 0) is 4.79 Å². The summed E-state index contributed by atoms with van der Waals surface area (Å²) < 4.78 is 0. The monoisotopic (exact) mass is 454 g/mol. The van der Waals surface area contributed by atoms with Gasteiger partial charge in [-0.25, -0.2) is 0 Å². The van der Waals surface area contributed by atoms with Crippen LogP contribution < -0.4 is 5.32 Å². The largest absolute Gasteiger partial charge is 0.361 e. The molecule has 7 nitrogen and oxygen atoms in total. The molecule has 1 aromatic carbocycles. The summed E-state index contributed by atoms with van der Waals surface area (Å²) in [5.41, 5.74) is 6.51. The van der Waals surface area contributed by atoms with Crippen molar-refractivity contribution in [2.24, 2.45) is 5.92 Å². The van der Waals surface area contributed by atoms with Crippen molar-refractivity contribution in [3.05, 3.63) is 59.6 Å². The lowest BCUT2D eigenvalue weighted by Crippen LogP contribution is -2.43. The number of hydrogen-bond donors (Lipinski definition) is 2. The average Bonchev–Trinajstić information content (AvgIpc) is 3.36. The number of likely N-dealkylation sites (tertiary alicyclic amines) is 1. The fourth-order valence-corrected chi connectivity index (χ4v) is 5.11. The topological polar surface area (TPSA) is 88.1 Å². The minimum Gasteiger partial charge on any atom is -0.361 e. The van der Waals surface area contributed by atoms with Gasteiger partial charge in [0.05, 0.1) is 11.3 Å². The molecule has 2 aliphatic heterocycles. The van der Waals surface area contributed by atoms with E-state index in [0.717, 1.165) is 71.3 Å². The number of aromatic nitrogens is 2. The van der Waals surface area contributed by atoms with Crippen molar-refractivity contribution in [3.63, 3.8) is 0 Å². The van der Waals surface area contributed by atoms with Crippen molar-refractivity contribution < 1.29 is 4.79 Å². The molecule has 174 valence electrons. The van der Waals surface area contributed by atoms with E-state index in [1.54, 1.807) is 6.20 Å². The maximum atomic E-state index is 13.0. The lowest BCUT2D eigenvalue weighted by molar-refractivity contribution is -0.136. The van der Waals surface area contributed by atoms with Gasteiger partial charge < -0.3 is 20.1 Å². The predicted octanol–water partition coefficient (Wildman–Crippen LogP) is 4.44. The van der Waals surface area contributed by atoms with Gasteiger partial charge in [0.2, 0.25) is 5.91 Å². The van der Waals surface area contributed by atoms with E-state index in [9.17, 15) is 10.1 Å². The van der Waals surface area contributed by atoms with E-state index in [1.807, 2.05) is 29.4 Å². The van der Waals surface area contributed by atoms with Gasteiger partial charge in [-0.05, 0) is 75.7 Å². The van der Waals surface area contributed by atoms with Crippen molar-refractivity contribution in [1.29, 1.82) is 5.26 Å². The van der Waals surface area contributed by atoms with Crippen LogP contribution >= 0.6 is 0 Å². The summed E-state index contributed by atoms with van der Waals surface area (Å²) in [7, 11) is 2.11. The van der Waals surface area contributed by atoms with Crippen LogP contribution in [0.25, 0.3) is 16.5 Å². The molecule has 0 aliphatic carbocycles. The van der Waals surface area contributed by atoms with Crippen LogP contribution in [0, 0.1) is 24.2 Å². The maximum absolute atomic E-state index is 13.0. The first kappa shape index (κ1) is 22.2. The first-order valence-corrected chi connectivity index (χ1v) is 11.9. The smallest absolute Gasteiger partial charge is 0.226 e. The van der Waals surface area contributed by atoms with Gasteiger partial charge in [0.15, 0.2) is 0 Å². The molecular formula is C27H30N6O. The maximum Gasteiger partial charge on any atom is 0.226 e. The Labute approximate surface area is 200 Å². The Kier molecular flexibility index (Phi) is 6.08. The number of anilines is 2. The molecule has 1 saturated heterocycles. The van der Waals surface area contributed by atoms with Crippen LogP contribution in [0.4, 0.5) is 11.4 Å². The molecule has 1 fully saturated rings. The van der Waals surface area contributed by atoms with Crippen LogP contribution in [0.5, 0.6) is 0 Å². The number of piperidine rings is 1. The van der Waals surface area contributed by atoms with Gasteiger partial charge in [0.25, 0.3) is 0 Å². The van der Waals surface area contributed by atoms with Crippen LogP contribution in [0.2, 0.25) is 0 Å². The molecule has 34 heavy (non-hydrogen) atoms. The first-order valence-electron chi connectivity index (χ1n) is 11.9. The van der Waals surface area contributed by atoms with Gasteiger partial charge in [0, 0.05) is 59.8 Å². The number of rotatable bonds is 4. The molecule has 7 heteroatoms. The van der Waals surface area contributed by atoms with E-state index in [2.05, 4.69) is 52.4 Å². The summed E-state index contributed by atoms with van der Waals surface area (Å²) >= 11 is 0. The Hall–Kier alpha value is -3.63. The fraction of sp³-hybridized carbons (Fsp3) is 0.370. The number of nitrogens with zero attached hydrogens (tertiary/aromatic N) is 4. The van der Waals surface area contributed by atoms with Crippen molar-refractivity contribution in [1.82, 2.24) is 19.8 Å². The SMILES string of the molecule is Cc1c(Nc2c(C#N)cncc2C2=CCN(C(=O)C3CCN(C)CC3)CC2)ccc2[nH]ccc12. The van der Waals surface area contributed by atoms with Gasteiger partial charge in [0.1, 0.15) is 6.07 Å². The van der Waals surface area contributed by atoms with Crippen molar-refractivity contribution >= 4 is 33.8 Å². The normalized spacial score (nSPS) is 17.4. The van der Waals surface area contributed by atoms with E-state index in [-0.39, 0.29) is 11.8 Å². The molecule has 0 unspecified atom stereocenters. The summed E-state index contributed by atoms with van der Waals surface area (Å²) in [6, 6.07) is 8.44. The van der Waals surface area contributed by atoms with Crippen LogP contribution in [0.15, 0.2) is 42.9 Å². The number of pyridine rings is 1. The van der Waals surface area contributed by atoms with E-state index < -0.39 is 0 Å². The molecule has 2 aliphatic rings. The van der Waals surface area contributed by atoms with Crippen LogP contribution in [0.3, 0.4) is 0 Å². The number of carbonyl (C=O) groups is 1. The number of aromatic amines is 1. The molecule has 3 aromatic rings. The van der Waals surface area contributed by atoms with Crippen molar-refractivity contribution in [2.75, 3.05) is 38.5 Å². The number of aryl methyl sites for hydroxylation is 1. The van der Waals surface area contributed by atoms with Crippen molar-refractivity contribution in [3.8, 4) is 6.07 Å². The molecule has 2 aromatic heterocycles. The molecule has 0 atom stereocenters. The molecule has 0 radical (unpaired) electrons. The predicted molar refractivity (Wildman–Crippen MR) is 135 cm³/mol. The Morgan fingerprint density at radius 2 is 2.03 bits per heavy atom. The average molecular weight is 455 g/mol. The second-order valence-electron chi connectivity index (χ2n) is 9.36. The second-order valence-corrected chi connectivity index (χ2v) is 9.36. The molecule has 0 bridgehead atoms. The molecule has 5 rings (SSSR count). The summed E-state index contributed by atoms with van der Waals surface area (Å²) in [6.07, 6.45) is 10.1. The van der Waals surface area contributed by atoms with E-state index in [1.165, 1.54) is 0 Å². The minimum atomic E-state index is 0.137. The van der Waals surface area contributed by atoms with Crippen LogP contribution in [-0.4, -0.2) is 58.9 Å². The highest BCUT2D eigenvalue weighted by Gasteiger charge is 2.29. The third-order valence-corrected chi connectivity index (χ3v) is 7.26. The lowest BCUT2D eigenvalue weighted by Gasteiger charge is -2.34. The Morgan fingerprint density at radius 1 is 1.21 bits per heavy atom. The first-order chi connectivity index (χ1) is 16.5. The Morgan fingerprint density at radius 3 is 2.76 bits per heavy atom. The number of fused-ring (bicyclic) bond motifs is 1. The van der Waals surface area contributed by atoms with Gasteiger partial charge in [-0.1, -0.05) is 6.08 Å². The number of H-pyrrole nitrogens is 1. The Bertz CT molecular complexity index is 1290. The zero-order valence-corrected chi connectivity index (χ0v) is 19.8. The molecule has 1 amide bonds. The molecule has 4 heterocycles. The fourth-order valence-electron chi connectivity index (χ4n) is 5.11. The summed E-state index contributed by atoms with van der Waals surface area (Å²) in [4.78, 5) is 24.9. The Balaban J connectivity index is 1.39. The highest BCUT2D eigenvalue weighted by Crippen LogP contribution is 2.35. The highest BCUT2D eigenvalue weighted by atomic mass is 16.2. The third-order valence-electron chi connectivity index (χ3n) is 7.26. The van der Waals surface area contributed by atoms with Gasteiger partial charge in [-0.2, -0.15) is 5.26 Å². The van der Waals surface area contributed by atoms with Crippen molar-refractivity contribution in [2.45, 2.75) is 26.2 Å². The summed E-state index contributed by atoms with van der Waals surface area (Å²) in [5.74, 6) is 0.416. The summed E-state index contributed by atoms with van der Waals surface area (Å²) in [6.45, 7) is 5.35. The van der Waals surface area contributed by atoms with E-state index >= 15 is 0 Å². The standard InChI is InChI=1S/C27H30N6O/c1-18-22-5-10-30-25(22)4-3-24(18)31-26-21(15-28)16-29-17-23(26)19-8-13-33(14-9-19)27(34)20-6-11-32(2)12-7-20/h3-5,8,10,16-17,20,30H,6-7,9,11-14H2,1-2H3,(H,29,31). The molecule has 0 saturated carbocycles. The number of amides is 1. The number of benzene rings is 1. The molecular weight excluding hydrogens is 424 g/mol. The van der Waals surface area contributed by atoms with Gasteiger partial charge in [-0.3, -0.25) is 9.78 Å². The molecule has 2 N–H and O–H groups in total. The number of nitrogens with one attached hydrogen (secondary N) is 2. The number of carbonyl (C=O) groups excluding carboxylic acids is 1. The zero-order valence-electron chi connectivity index (χ0n) is 19.8. The summed E-state index contributed by atoms with van der Waals surface area (Å²) in [5, 5.41) is 14.5. The molecule has 0 spiro atoms. The van der Waals surface area contributed by atoms with Gasteiger partial charge >= 0.3 is 0 Å². The van der Waals surface area contributed by atoms with Gasteiger partial charge in [-0.15, -0.1) is 0 Å². The highest BCUT2D eigenvalue weighted by molar-refractivity contribution is 5.91.